The van der Waals surface area contributed by atoms with Gasteiger partial charge in [-0.15, -0.1) is 0 Å². The number of rotatable bonds is 4. The van der Waals surface area contributed by atoms with Crippen LogP contribution < -0.4 is 4.90 Å². The van der Waals surface area contributed by atoms with Gasteiger partial charge in [-0.05, 0) is 35.9 Å². The number of hydrogen-bond donors (Lipinski definition) is 2. The van der Waals surface area contributed by atoms with Crippen molar-refractivity contribution in [3.05, 3.63) is 89.8 Å². The zero-order valence-electron chi connectivity index (χ0n) is 13.9. The Bertz CT molecular complexity index is 1040. The third-order valence-corrected chi connectivity index (χ3v) is 4.34. The van der Waals surface area contributed by atoms with Crippen LogP contribution in [0.5, 0.6) is 5.75 Å². The summed E-state index contributed by atoms with van der Waals surface area (Å²) in [7, 11) is 0. The molecule has 3 aromatic rings. The van der Waals surface area contributed by atoms with Crippen LogP contribution in [0.4, 0.5) is 5.69 Å². The topological polar surface area (TPSA) is 104 Å². The lowest BCUT2D eigenvalue weighted by atomic mass is 9.96. The molecule has 3 heterocycles. The predicted molar refractivity (Wildman–Crippen MR) is 95.3 cm³/mol. The molecule has 1 aliphatic heterocycles. The van der Waals surface area contributed by atoms with Gasteiger partial charge in [0.1, 0.15) is 5.75 Å². The van der Waals surface area contributed by atoms with Crippen LogP contribution in [0.1, 0.15) is 22.2 Å². The molecule has 0 aliphatic carbocycles. The maximum absolute atomic E-state index is 12.9. The van der Waals surface area contributed by atoms with Gasteiger partial charge in [-0.25, -0.2) is 0 Å². The highest BCUT2D eigenvalue weighted by Crippen LogP contribution is 2.44. The van der Waals surface area contributed by atoms with Crippen LogP contribution in [0.15, 0.2) is 82.9 Å². The number of aliphatic hydroxyl groups is 1. The van der Waals surface area contributed by atoms with E-state index in [0.29, 0.717) is 5.56 Å². The molecule has 27 heavy (non-hydrogen) atoms. The highest BCUT2D eigenvalue weighted by Gasteiger charge is 2.46. The fraction of sp³-hybridized carbons (Fsp3) is 0.0500. The molecule has 0 bridgehead atoms. The van der Waals surface area contributed by atoms with E-state index in [1.54, 1.807) is 36.5 Å². The molecule has 0 saturated heterocycles. The smallest absolute Gasteiger partial charge is 0.294 e. The summed E-state index contributed by atoms with van der Waals surface area (Å²) in [6.07, 6.45) is 4.39. The van der Waals surface area contributed by atoms with E-state index in [2.05, 4.69) is 4.98 Å². The molecule has 7 heteroatoms. The first kappa shape index (κ1) is 16.6. The largest absolute Gasteiger partial charge is 0.506 e. The van der Waals surface area contributed by atoms with E-state index in [0.717, 1.165) is 0 Å². The minimum Gasteiger partial charge on any atom is -0.506 e. The normalized spacial score (nSPS) is 16.8. The number of para-hydroxylation sites is 2. The second-order valence-electron chi connectivity index (χ2n) is 5.92. The van der Waals surface area contributed by atoms with Gasteiger partial charge in [0.15, 0.2) is 11.5 Å². The molecule has 0 fully saturated rings. The highest BCUT2D eigenvalue weighted by molar-refractivity contribution is 6.20. The van der Waals surface area contributed by atoms with Gasteiger partial charge in [0.2, 0.25) is 5.78 Å². The first-order valence-electron chi connectivity index (χ1n) is 8.12. The lowest BCUT2D eigenvalue weighted by molar-refractivity contribution is -0.117. The summed E-state index contributed by atoms with van der Waals surface area (Å²) in [4.78, 5) is 31.0. The Kier molecular flexibility index (Phi) is 3.97. The van der Waals surface area contributed by atoms with E-state index in [9.17, 15) is 19.8 Å². The minimum absolute atomic E-state index is 0.00243. The number of anilines is 1. The Morgan fingerprint density at radius 3 is 2.56 bits per heavy atom. The fourth-order valence-electron chi connectivity index (χ4n) is 3.15. The van der Waals surface area contributed by atoms with Gasteiger partial charge < -0.3 is 14.6 Å². The number of benzene rings is 1. The van der Waals surface area contributed by atoms with Crippen molar-refractivity contribution in [2.75, 3.05) is 4.90 Å². The van der Waals surface area contributed by atoms with E-state index < -0.39 is 23.5 Å². The molecule has 2 N–H and O–H groups in total. The van der Waals surface area contributed by atoms with Crippen molar-refractivity contribution in [1.29, 1.82) is 0 Å². The summed E-state index contributed by atoms with van der Waals surface area (Å²) < 4.78 is 5.15. The number of carbonyl (C=O) groups excluding carboxylic acids is 2. The lowest BCUT2D eigenvalue weighted by Crippen LogP contribution is -2.31. The molecule has 1 atom stereocenters. The summed E-state index contributed by atoms with van der Waals surface area (Å²) in [5, 5.41) is 20.7. The van der Waals surface area contributed by atoms with Gasteiger partial charge in [-0.3, -0.25) is 19.5 Å². The van der Waals surface area contributed by atoms with Crippen LogP contribution in [0.2, 0.25) is 0 Å². The molecular formula is C20H14N2O5. The summed E-state index contributed by atoms with van der Waals surface area (Å²) >= 11 is 0. The maximum atomic E-state index is 12.9. The van der Waals surface area contributed by atoms with Gasteiger partial charge in [0, 0.05) is 12.4 Å². The summed E-state index contributed by atoms with van der Waals surface area (Å²) in [5.41, 5.74) is 0.546. The van der Waals surface area contributed by atoms with E-state index in [-0.39, 0.29) is 22.8 Å². The Balaban J connectivity index is 1.91. The number of phenolic OH excluding ortho intramolecular Hbond substituents is 1. The molecule has 4 rings (SSSR count). The van der Waals surface area contributed by atoms with Crippen molar-refractivity contribution < 1.29 is 24.2 Å². The van der Waals surface area contributed by atoms with Crippen molar-refractivity contribution in [2.24, 2.45) is 0 Å². The lowest BCUT2D eigenvalue weighted by Gasteiger charge is -2.26. The number of aliphatic hydroxyl groups excluding tert-OH is 1. The highest BCUT2D eigenvalue weighted by atomic mass is 16.3. The van der Waals surface area contributed by atoms with Gasteiger partial charge in [-0.1, -0.05) is 18.2 Å². The van der Waals surface area contributed by atoms with Gasteiger partial charge in [-0.2, -0.15) is 0 Å². The third-order valence-electron chi connectivity index (χ3n) is 4.34. The molecule has 2 aromatic heterocycles. The van der Waals surface area contributed by atoms with Gasteiger partial charge >= 0.3 is 0 Å². The monoisotopic (exact) mass is 362 g/mol. The second kappa shape index (κ2) is 6.45. The van der Waals surface area contributed by atoms with Gasteiger partial charge in [0.05, 0.1) is 23.6 Å². The second-order valence-corrected chi connectivity index (χ2v) is 5.92. The molecule has 1 aromatic carbocycles. The van der Waals surface area contributed by atoms with Crippen LogP contribution in [-0.4, -0.2) is 26.9 Å². The molecule has 134 valence electrons. The Morgan fingerprint density at radius 1 is 1.07 bits per heavy atom. The summed E-state index contributed by atoms with van der Waals surface area (Å²) in [6.45, 7) is 0. The molecule has 0 radical (unpaired) electrons. The van der Waals surface area contributed by atoms with Crippen LogP contribution in [0.3, 0.4) is 0 Å². The number of aromatic nitrogens is 1. The molecule has 1 amide bonds. The molecule has 0 spiro atoms. The maximum Gasteiger partial charge on any atom is 0.294 e. The number of ketones is 1. The van der Waals surface area contributed by atoms with Crippen LogP contribution >= 0.6 is 0 Å². The average Bonchev–Trinajstić information content (AvgIpc) is 3.31. The zero-order chi connectivity index (χ0) is 19.0. The predicted octanol–water partition coefficient (Wildman–Crippen LogP) is 3.16. The number of pyridine rings is 1. The molecule has 1 aliphatic rings. The molecule has 0 saturated carbocycles. The van der Waals surface area contributed by atoms with E-state index >= 15 is 0 Å². The van der Waals surface area contributed by atoms with Crippen LogP contribution in [0.25, 0.3) is 0 Å². The SMILES string of the molecule is O=C(C1=C(O)C(=O)N(c2ccccc2O)C1c1cccnc1)c1ccco1. The number of phenols is 1. The van der Waals surface area contributed by atoms with Crippen molar-refractivity contribution in [3.8, 4) is 5.75 Å². The van der Waals surface area contributed by atoms with Crippen molar-refractivity contribution in [1.82, 2.24) is 4.98 Å². The molecular weight excluding hydrogens is 348 g/mol. The average molecular weight is 362 g/mol. The molecule has 7 nitrogen and oxygen atoms in total. The van der Waals surface area contributed by atoms with Crippen LogP contribution in [0, 0.1) is 0 Å². The Hall–Kier alpha value is -3.87. The fourth-order valence-corrected chi connectivity index (χ4v) is 3.15. The first-order chi connectivity index (χ1) is 13.1. The number of furan rings is 1. The quantitative estimate of drug-likeness (QED) is 0.691. The van der Waals surface area contributed by atoms with Crippen molar-refractivity contribution >= 4 is 17.4 Å². The Morgan fingerprint density at radius 2 is 1.89 bits per heavy atom. The number of amides is 1. The van der Waals surface area contributed by atoms with E-state index in [1.165, 1.54) is 35.6 Å². The standard InChI is InChI=1S/C20H14N2O5/c23-14-7-2-1-6-13(14)22-17(12-5-3-9-21-11-12)16(19(25)20(22)26)18(24)15-8-4-10-27-15/h1-11,17,23,25H. The summed E-state index contributed by atoms with van der Waals surface area (Å²) in [5.74, 6) is -2.25. The van der Waals surface area contributed by atoms with E-state index in [1.807, 2.05) is 0 Å². The summed E-state index contributed by atoms with van der Waals surface area (Å²) in [6, 6.07) is 11.6. The minimum atomic E-state index is -0.961. The first-order valence-corrected chi connectivity index (χ1v) is 8.12. The number of aromatic hydroxyl groups is 1. The van der Waals surface area contributed by atoms with E-state index in [4.69, 9.17) is 4.42 Å². The number of carbonyl (C=O) groups is 2. The van der Waals surface area contributed by atoms with Crippen molar-refractivity contribution in [3.63, 3.8) is 0 Å². The van der Waals surface area contributed by atoms with Crippen molar-refractivity contribution in [2.45, 2.75) is 6.04 Å². The number of Topliss-reactive ketones (excluding diaryl/α,β-unsaturated/α-hetero) is 1. The zero-order valence-corrected chi connectivity index (χ0v) is 13.9. The Labute approximate surface area is 153 Å². The number of nitrogens with zero attached hydrogens (tertiary/aromatic N) is 2. The van der Waals surface area contributed by atoms with Gasteiger partial charge in [0.25, 0.3) is 5.91 Å². The van der Waals surface area contributed by atoms with Crippen LogP contribution in [-0.2, 0) is 4.79 Å². The molecule has 1 unspecified atom stereocenters. The number of hydrogen-bond acceptors (Lipinski definition) is 6. The third kappa shape index (κ3) is 2.65.